The highest BCUT2D eigenvalue weighted by Crippen LogP contribution is 2.29. The van der Waals surface area contributed by atoms with Crippen molar-refractivity contribution in [3.63, 3.8) is 0 Å². The molecule has 2 aromatic heterocycles. The SMILES string of the molecule is Cc1c(C(=O)N(C)Cc2ccc(F)c(F)c2)cnn1-c1ccc(C(F)(F)F)cn1. The zero-order chi connectivity index (χ0) is 21.3. The van der Waals surface area contributed by atoms with Gasteiger partial charge in [0.05, 0.1) is 23.0 Å². The average Bonchev–Trinajstić information content (AvgIpc) is 3.05. The minimum atomic E-state index is -4.51. The van der Waals surface area contributed by atoms with Crippen molar-refractivity contribution in [2.24, 2.45) is 0 Å². The van der Waals surface area contributed by atoms with Crippen molar-refractivity contribution >= 4 is 5.91 Å². The molecule has 0 radical (unpaired) electrons. The number of halogens is 5. The van der Waals surface area contributed by atoms with E-state index in [1.807, 2.05) is 0 Å². The Bertz CT molecular complexity index is 1040. The molecule has 0 aliphatic carbocycles. The Balaban J connectivity index is 1.80. The molecule has 0 atom stereocenters. The summed E-state index contributed by atoms with van der Waals surface area (Å²) in [6.45, 7) is 1.60. The van der Waals surface area contributed by atoms with Gasteiger partial charge in [0.15, 0.2) is 17.5 Å². The molecule has 2 heterocycles. The van der Waals surface area contributed by atoms with Crippen molar-refractivity contribution in [2.45, 2.75) is 19.6 Å². The molecule has 0 aliphatic rings. The van der Waals surface area contributed by atoms with Crippen molar-refractivity contribution in [1.29, 1.82) is 0 Å². The van der Waals surface area contributed by atoms with Crippen molar-refractivity contribution in [2.75, 3.05) is 7.05 Å². The maximum absolute atomic E-state index is 13.3. The number of rotatable bonds is 4. The molecule has 0 N–H and O–H groups in total. The number of aromatic nitrogens is 3. The van der Waals surface area contributed by atoms with Gasteiger partial charge in [0.25, 0.3) is 5.91 Å². The van der Waals surface area contributed by atoms with Crippen LogP contribution in [-0.4, -0.2) is 32.6 Å². The predicted molar refractivity (Wildman–Crippen MR) is 93.3 cm³/mol. The maximum atomic E-state index is 13.3. The fraction of sp³-hybridized carbons (Fsp3) is 0.211. The summed E-state index contributed by atoms with van der Waals surface area (Å²) in [6, 6.07) is 5.37. The van der Waals surface area contributed by atoms with Crippen LogP contribution in [0.15, 0.2) is 42.7 Å². The Morgan fingerprint density at radius 3 is 2.41 bits per heavy atom. The number of pyridine rings is 1. The van der Waals surface area contributed by atoms with E-state index < -0.39 is 29.3 Å². The highest BCUT2D eigenvalue weighted by molar-refractivity contribution is 5.95. The average molecular weight is 410 g/mol. The second kappa shape index (κ2) is 7.61. The Morgan fingerprint density at radius 2 is 1.83 bits per heavy atom. The third-order valence-electron chi connectivity index (χ3n) is 4.28. The Morgan fingerprint density at radius 1 is 1.10 bits per heavy atom. The lowest BCUT2D eigenvalue weighted by atomic mass is 10.2. The quantitative estimate of drug-likeness (QED) is 0.608. The highest BCUT2D eigenvalue weighted by atomic mass is 19.4. The van der Waals surface area contributed by atoms with E-state index in [2.05, 4.69) is 10.1 Å². The molecule has 3 rings (SSSR count). The molecular formula is C19H15F5N4O. The first-order chi connectivity index (χ1) is 13.6. The molecule has 0 saturated heterocycles. The van der Waals surface area contributed by atoms with E-state index in [9.17, 15) is 26.7 Å². The van der Waals surface area contributed by atoms with E-state index in [1.54, 1.807) is 6.92 Å². The Labute approximate surface area is 162 Å². The summed E-state index contributed by atoms with van der Waals surface area (Å²) in [5.41, 5.74) is 0.0824. The van der Waals surface area contributed by atoms with E-state index in [1.165, 1.54) is 28.9 Å². The number of benzene rings is 1. The summed E-state index contributed by atoms with van der Waals surface area (Å²) in [5, 5.41) is 4.03. The molecule has 0 aliphatic heterocycles. The van der Waals surface area contributed by atoms with E-state index in [-0.39, 0.29) is 17.9 Å². The van der Waals surface area contributed by atoms with Gasteiger partial charge < -0.3 is 4.90 Å². The number of hydrogen-bond donors (Lipinski definition) is 0. The first kappa shape index (κ1) is 20.4. The maximum Gasteiger partial charge on any atom is 0.417 e. The standard InChI is InChI=1S/C19H15F5N4O/c1-11-14(18(29)27(2)10-12-3-5-15(20)16(21)7-12)9-26-28(11)17-6-4-13(8-25-17)19(22,23)24/h3-9H,10H2,1-2H3. The summed E-state index contributed by atoms with van der Waals surface area (Å²) < 4.78 is 65.6. The first-order valence-electron chi connectivity index (χ1n) is 8.35. The second-order valence-electron chi connectivity index (χ2n) is 6.37. The van der Waals surface area contributed by atoms with Crippen molar-refractivity contribution in [3.05, 3.63) is 76.7 Å². The van der Waals surface area contributed by atoms with Crippen LogP contribution in [0.5, 0.6) is 0 Å². The Kier molecular flexibility index (Phi) is 5.36. The lowest BCUT2D eigenvalue weighted by Gasteiger charge is -2.17. The minimum Gasteiger partial charge on any atom is -0.337 e. The first-order valence-corrected chi connectivity index (χ1v) is 8.35. The van der Waals surface area contributed by atoms with Crippen LogP contribution in [0.3, 0.4) is 0 Å². The zero-order valence-electron chi connectivity index (χ0n) is 15.3. The summed E-state index contributed by atoms with van der Waals surface area (Å²) in [7, 11) is 1.48. The van der Waals surface area contributed by atoms with Crippen LogP contribution in [0.2, 0.25) is 0 Å². The lowest BCUT2D eigenvalue weighted by Crippen LogP contribution is -2.26. The molecule has 0 saturated carbocycles. The molecular weight excluding hydrogens is 395 g/mol. The molecule has 1 aromatic carbocycles. The lowest BCUT2D eigenvalue weighted by molar-refractivity contribution is -0.137. The van der Waals surface area contributed by atoms with E-state index in [4.69, 9.17) is 0 Å². The number of hydrogen-bond acceptors (Lipinski definition) is 3. The van der Waals surface area contributed by atoms with Gasteiger partial charge in [-0.1, -0.05) is 6.07 Å². The number of carbonyl (C=O) groups excluding carboxylic acids is 1. The van der Waals surface area contributed by atoms with Crippen LogP contribution in [0, 0.1) is 18.6 Å². The number of nitrogens with zero attached hydrogens (tertiary/aromatic N) is 4. The number of carbonyl (C=O) groups is 1. The Hall–Kier alpha value is -3.30. The predicted octanol–water partition coefficient (Wildman–Crippen LogP) is 4.14. The van der Waals surface area contributed by atoms with Crippen molar-refractivity contribution < 1.29 is 26.7 Å². The van der Waals surface area contributed by atoms with E-state index >= 15 is 0 Å². The molecule has 1 amide bonds. The van der Waals surface area contributed by atoms with Crippen molar-refractivity contribution in [1.82, 2.24) is 19.7 Å². The minimum absolute atomic E-state index is 0.0270. The van der Waals surface area contributed by atoms with Crippen LogP contribution in [0.25, 0.3) is 5.82 Å². The molecule has 0 bridgehead atoms. The van der Waals surface area contributed by atoms with Crippen LogP contribution < -0.4 is 0 Å². The molecule has 5 nitrogen and oxygen atoms in total. The smallest absolute Gasteiger partial charge is 0.337 e. The van der Waals surface area contributed by atoms with Gasteiger partial charge in [0.1, 0.15) is 0 Å². The van der Waals surface area contributed by atoms with Gasteiger partial charge in [-0.3, -0.25) is 4.79 Å². The van der Waals surface area contributed by atoms with Gasteiger partial charge in [0, 0.05) is 19.8 Å². The fourth-order valence-electron chi connectivity index (χ4n) is 2.72. The van der Waals surface area contributed by atoms with Crippen LogP contribution in [0.1, 0.15) is 27.2 Å². The zero-order valence-corrected chi connectivity index (χ0v) is 15.3. The van der Waals surface area contributed by atoms with Crippen LogP contribution >= 0.6 is 0 Å². The second-order valence-corrected chi connectivity index (χ2v) is 6.37. The molecule has 0 fully saturated rings. The highest BCUT2D eigenvalue weighted by Gasteiger charge is 2.31. The normalized spacial score (nSPS) is 11.6. The van der Waals surface area contributed by atoms with Gasteiger partial charge in [-0.05, 0) is 36.8 Å². The largest absolute Gasteiger partial charge is 0.417 e. The number of alkyl halides is 3. The van der Waals surface area contributed by atoms with Gasteiger partial charge in [0.2, 0.25) is 0 Å². The summed E-state index contributed by atoms with van der Waals surface area (Å²) in [6.07, 6.45) is -2.54. The molecule has 0 spiro atoms. The van der Waals surface area contributed by atoms with Gasteiger partial charge in [-0.2, -0.15) is 18.3 Å². The van der Waals surface area contributed by atoms with E-state index in [0.717, 1.165) is 24.3 Å². The molecule has 10 heteroatoms. The topological polar surface area (TPSA) is 51.0 Å². The third-order valence-corrected chi connectivity index (χ3v) is 4.28. The summed E-state index contributed by atoms with van der Waals surface area (Å²) in [4.78, 5) is 17.7. The van der Waals surface area contributed by atoms with Crippen LogP contribution in [-0.2, 0) is 12.7 Å². The number of amides is 1. The van der Waals surface area contributed by atoms with Gasteiger partial charge in [-0.15, -0.1) is 0 Å². The van der Waals surface area contributed by atoms with E-state index in [0.29, 0.717) is 17.5 Å². The molecule has 152 valence electrons. The molecule has 3 aromatic rings. The summed E-state index contributed by atoms with van der Waals surface area (Å²) >= 11 is 0. The third kappa shape index (κ3) is 4.25. The monoisotopic (exact) mass is 410 g/mol. The van der Waals surface area contributed by atoms with Crippen molar-refractivity contribution in [3.8, 4) is 5.82 Å². The molecule has 0 unspecified atom stereocenters. The summed E-state index contributed by atoms with van der Waals surface area (Å²) in [5.74, 6) is -2.31. The molecule has 29 heavy (non-hydrogen) atoms. The van der Waals surface area contributed by atoms with Gasteiger partial charge in [-0.25, -0.2) is 18.4 Å². The van der Waals surface area contributed by atoms with Gasteiger partial charge >= 0.3 is 6.18 Å². The van der Waals surface area contributed by atoms with Crippen LogP contribution in [0.4, 0.5) is 22.0 Å². The fourth-order valence-corrected chi connectivity index (χ4v) is 2.72.